The summed E-state index contributed by atoms with van der Waals surface area (Å²) >= 11 is 0. The Balaban J connectivity index is 3.19. The maximum atomic E-state index is 3.40. The number of hydrogen-bond acceptors (Lipinski definition) is 2. The van der Waals surface area contributed by atoms with Gasteiger partial charge in [-0.05, 0) is 20.0 Å². The number of rotatable bonds is 8. The third-order valence-corrected chi connectivity index (χ3v) is 2.15. The molecule has 0 bridgehead atoms. The van der Waals surface area contributed by atoms with Crippen LogP contribution in [0.15, 0.2) is 0 Å². The summed E-state index contributed by atoms with van der Waals surface area (Å²) in [5.74, 6) is 0. The molecular formula is C10H24N2. The average molecular weight is 172 g/mol. The van der Waals surface area contributed by atoms with Gasteiger partial charge in [0.2, 0.25) is 0 Å². The van der Waals surface area contributed by atoms with Gasteiger partial charge >= 0.3 is 0 Å². The lowest BCUT2D eigenvalue weighted by Crippen LogP contribution is -2.39. The van der Waals surface area contributed by atoms with E-state index in [-0.39, 0.29) is 0 Å². The first-order chi connectivity index (χ1) is 5.85. The molecule has 0 aliphatic carbocycles. The van der Waals surface area contributed by atoms with Crippen molar-refractivity contribution in [3.63, 3.8) is 0 Å². The summed E-state index contributed by atoms with van der Waals surface area (Å²) in [6.45, 7) is 5.45. The van der Waals surface area contributed by atoms with Crippen LogP contribution in [0.1, 0.15) is 46.0 Å². The van der Waals surface area contributed by atoms with Crippen LogP contribution in [-0.4, -0.2) is 19.8 Å². The molecule has 0 heterocycles. The van der Waals surface area contributed by atoms with E-state index < -0.39 is 0 Å². The molecule has 0 radical (unpaired) electrons. The quantitative estimate of drug-likeness (QED) is 0.433. The molecule has 1 atom stereocenters. The highest BCUT2D eigenvalue weighted by Crippen LogP contribution is 2.03. The van der Waals surface area contributed by atoms with E-state index in [1.54, 1.807) is 0 Å². The van der Waals surface area contributed by atoms with E-state index >= 15 is 0 Å². The maximum absolute atomic E-state index is 3.40. The van der Waals surface area contributed by atoms with Crippen LogP contribution in [0.25, 0.3) is 0 Å². The van der Waals surface area contributed by atoms with Gasteiger partial charge in [0.15, 0.2) is 0 Å². The molecule has 0 saturated heterocycles. The second kappa shape index (κ2) is 9.01. The van der Waals surface area contributed by atoms with Crippen LogP contribution in [-0.2, 0) is 0 Å². The first kappa shape index (κ1) is 11.9. The molecule has 74 valence electrons. The summed E-state index contributed by atoms with van der Waals surface area (Å²) in [4.78, 5) is 0. The van der Waals surface area contributed by atoms with Crippen LogP contribution in [0.4, 0.5) is 0 Å². The zero-order valence-electron chi connectivity index (χ0n) is 8.82. The van der Waals surface area contributed by atoms with Crippen molar-refractivity contribution in [3.05, 3.63) is 0 Å². The average Bonchev–Trinajstić information content (AvgIpc) is 2.10. The summed E-state index contributed by atoms with van der Waals surface area (Å²) in [5.41, 5.74) is 0. The lowest BCUT2D eigenvalue weighted by atomic mass is 10.1. The lowest BCUT2D eigenvalue weighted by Gasteiger charge is -2.16. The summed E-state index contributed by atoms with van der Waals surface area (Å²) in [6.07, 6.45) is 7.19. The van der Waals surface area contributed by atoms with Crippen molar-refractivity contribution < 1.29 is 0 Å². The SMILES string of the molecule is CCCCCCC(NC)NCC. The minimum Gasteiger partial charge on any atom is -0.305 e. The largest absolute Gasteiger partial charge is 0.305 e. The van der Waals surface area contributed by atoms with Crippen molar-refractivity contribution in [1.82, 2.24) is 10.6 Å². The molecule has 2 N–H and O–H groups in total. The molecule has 0 amide bonds. The van der Waals surface area contributed by atoms with Gasteiger partial charge < -0.3 is 10.6 Å². The number of nitrogens with one attached hydrogen (secondary N) is 2. The monoisotopic (exact) mass is 172 g/mol. The Morgan fingerprint density at radius 3 is 2.33 bits per heavy atom. The van der Waals surface area contributed by atoms with Crippen LogP contribution in [0.5, 0.6) is 0 Å². The molecule has 0 rings (SSSR count). The van der Waals surface area contributed by atoms with Crippen molar-refractivity contribution in [3.8, 4) is 0 Å². The zero-order valence-corrected chi connectivity index (χ0v) is 8.82. The summed E-state index contributed by atoms with van der Waals surface area (Å²) in [7, 11) is 2.02. The molecule has 0 saturated carbocycles. The minimum absolute atomic E-state index is 0.520. The molecule has 0 fully saturated rings. The highest BCUT2D eigenvalue weighted by molar-refractivity contribution is 4.60. The normalized spacial score (nSPS) is 13.2. The van der Waals surface area contributed by atoms with Crippen LogP contribution in [0.2, 0.25) is 0 Å². The molecule has 12 heavy (non-hydrogen) atoms. The van der Waals surface area contributed by atoms with E-state index in [2.05, 4.69) is 24.5 Å². The fraction of sp³-hybridized carbons (Fsp3) is 1.00. The van der Waals surface area contributed by atoms with Gasteiger partial charge in [-0.25, -0.2) is 0 Å². The van der Waals surface area contributed by atoms with Gasteiger partial charge in [0.1, 0.15) is 0 Å². The Labute approximate surface area is 77.1 Å². The van der Waals surface area contributed by atoms with E-state index in [0.29, 0.717) is 6.17 Å². The molecule has 0 spiro atoms. The lowest BCUT2D eigenvalue weighted by molar-refractivity contribution is 0.419. The highest BCUT2D eigenvalue weighted by Gasteiger charge is 2.01. The van der Waals surface area contributed by atoms with Gasteiger partial charge in [-0.2, -0.15) is 0 Å². The van der Waals surface area contributed by atoms with E-state index in [9.17, 15) is 0 Å². The van der Waals surface area contributed by atoms with Gasteiger partial charge in [0.05, 0.1) is 6.17 Å². The number of unbranched alkanes of at least 4 members (excludes halogenated alkanes) is 3. The third kappa shape index (κ3) is 6.62. The molecular weight excluding hydrogens is 148 g/mol. The second-order valence-corrected chi connectivity index (χ2v) is 3.25. The molecule has 0 aliphatic heterocycles. The predicted octanol–water partition coefficient (Wildman–Crippen LogP) is 2.11. The van der Waals surface area contributed by atoms with Crippen LogP contribution in [0.3, 0.4) is 0 Å². The number of hydrogen-bond donors (Lipinski definition) is 2. The van der Waals surface area contributed by atoms with Gasteiger partial charge in [0.25, 0.3) is 0 Å². The molecule has 0 aromatic rings. The van der Waals surface area contributed by atoms with Gasteiger partial charge in [0, 0.05) is 0 Å². The Kier molecular flexibility index (Phi) is 8.95. The molecule has 1 unspecified atom stereocenters. The molecule has 0 aromatic carbocycles. The predicted molar refractivity (Wildman–Crippen MR) is 55.3 cm³/mol. The van der Waals surface area contributed by atoms with Gasteiger partial charge in [-0.15, -0.1) is 0 Å². The van der Waals surface area contributed by atoms with Crippen molar-refractivity contribution in [2.24, 2.45) is 0 Å². The maximum Gasteiger partial charge on any atom is 0.0569 e. The van der Waals surface area contributed by atoms with E-state index in [0.717, 1.165) is 6.54 Å². The minimum atomic E-state index is 0.520. The molecule has 2 heteroatoms. The summed E-state index contributed by atoms with van der Waals surface area (Å²) < 4.78 is 0. The first-order valence-corrected chi connectivity index (χ1v) is 5.25. The zero-order chi connectivity index (χ0) is 9.23. The van der Waals surface area contributed by atoms with Crippen molar-refractivity contribution in [2.45, 2.75) is 52.1 Å². The molecule has 2 nitrogen and oxygen atoms in total. The van der Waals surface area contributed by atoms with Crippen molar-refractivity contribution in [1.29, 1.82) is 0 Å². The first-order valence-electron chi connectivity index (χ1n) is 5.25. The molecule has 0 aromatic heterocycles. The Hall–Kier alpha value is -0.0800. The van der Waals surface area contributed by atoms with Gasteiger partial charge in [-0.1, -0.05) is 39.5 Å². The smallest absolute Gasteiger partial charge is 0.0569 e. The Bertz CT molecular complexity index is 83.9. The van der Waals surface area contributed by atoms with Crippen LogP contribution >= 0.6 is 0 Å². The van der Waals surface area contributed by atoms with Crippen molar-refractivity contribution >= 4 is 0 Å². The van der Waals surface area contributed by atoms with Gasteiger partial charge in [-0.3, -0.25) is 0 Å². The third-order valence-electron chi connectivity index (χ3n) is 2.15. The standard InChI is InChI=1S/C10H24N2/c1-4-6-7-8-9-10(11-3)12-5-2/h10-12H,4-9H2,1-3H3. The Morgan fingerprint density at radius 2 is 1.83 bits per heavy atom. The topological polar surface area (TPSA) is 24.1 Å². The second-order valence-electron chi connectivity index (χ2n) is 3.25. The summed E-state index contributed by atoms with van der Waals surface area (Å²) in [6, 6.07) is 0. The summed E-state index contributed by atoms with van der Waals surface area (Å²) in [5, 5.41) is 6.67. The highest BCUT2D eigenvalue weighted by atomic mass is 15.1. The van der Waals surface area contributed by atoms with Crippen LogP contribution in [0, 0.1) is 0 Å². The van der Waals surface area contributed by atoms with E-state index in [1.807, 2.05) is 7.05 Å². The van der Waals surface area contributed by atoms with E-state index in [1.165, 1.54) is 32.1 Å². The van der Waals surface area contributed by atoms with Crippen LogP contribution < -0.4 is 10.6 Å². The fourth-order valence-electron chi connectivity index (χ4n) is 1.37. The Morgan fingerprint density at radius 1 is 1.08 bits per heavy atom. The fourth-order valence-corrected chi connectivity index (χ4v) is 1.37. The van der Waals surface area contributed by atoms with E-state index in [4.69, 9.17) is 0 Å². The van der Waals surface area contributed by atoms with Crippen molar-refractivity contribution in [2.75, 3.05) is 13.6 Å². The molecule has 0 aliphatic rings.